The maximum atomic E-state index is 11.3. The van der Waals surface area contributed by atoms with Crippen molar-refractivity contribution in [2.24, 2.45) is 4.99 Å². The van der Waals surface area contributed by atoms with Gasteiger partial charge in [-0.05, 0) is 31.4 Å². The Morgan fingerprint density at radius 1 is 1.26 bits per heavy atom. The van der Waals surface area contributed by atoms with Crippen LogP contribution < -0.4 is 0 Å². The van der Waals surface area contributed by atoms with Crippen molar-refractivity contribution in [2.45, 2.75) is 25.3 Å². The van der Waals surface area contributed by atoms with Gasteiger partial charge in [0.1, 0.15) is 16.5 Å². The van der Waals surface area contributed by atoms with E-state index in [0.717, 1.165) is 18.4 Å². The Morgan fingerprint density at radius 3 is 2.59 bits per heavy atom. The van der Waals surface area contributed by atoms with Crippen LogP contribution in [-0.4, -0.2) is 77.6 Å². The number of nitrogens with zero attached hydrogens (tertiary/aromatic N) is 2. The van der Waals surface area contributed by atoms with Crippen LogP contribution in [0, 0.1) is 0 Å². The number of carbonyl (C=O) groups is 1. The summed E-state index contributed by atoms with van der Waals surface area (Å²) in [6.45, 7) is 4.36. The van der Waals surface area contributed by atoms with Gasteiger partial charge in [0, 0.05) is 25.7 Å². The zero-order chi connectivity index (χ0) is 19.7. The predicted octanol–water partition coefficient (Wildman–Crippen LogP) is 1.74. The zero-order valence-corrected chi connectivity index (χ0v) is 16.5. The van der Waals surface area contributed by atoms with Gasteiger partial charge in [0.15, 0.2) is 5.54 Å². The maximum Gasteiger partial charge on any atom is 0.332 e. The summed E-state index contributed by atoms with van der Waals surface area (Å²) < 4.78 is 15.7. The highest BCUT2D eigenvalue weighted by Crippen LogP contribution is 2.33. The number of hydrogen-bond donors (Lipinski definition) is 2. The van der Waals surface area contributed by atoms with Gasteiger partial charge in [0.25, 0.3) is 0 Å². The lowest BCUT2D eigenvalue weighted by molar-refractivity contribution is -0.141. The number of aromatic nitrogens is 1. The number of hydrogen-bond acceptors (Lipinski definition) is 8. The van der Waals surface area contributed by atoms with Crippen LogP contribution in [0.3, 0.4) is 0 Å². The highest BCUT2D eigenvalue weighted by atomic mass is 32.2. The standard InChI is InChI=1S/C18H26N2O6S/c1-18(17(22)23)12-27-16(20-18)15-14(21)10-13(11-19-15)4-3-5-25-8-9-26-7-6-24-2/h10-11,21H,3-9,12H2,1-2H3,(H,22,23)/t18-/m1/s1. The monoisotopic (exact) mass is 398 g/mol. The first-order valence-corrected chi connectivity index (χ1v) is 9.73. The molecule has 0 saturated carbocycles. The number of methoxy groups -OCH3 is 1. The number of aliphatic carboxylic acids is 1. The summed E-state index contributed by atoms with van der Waals surface area (Å²) in [7, 11) is 1.63. The highest BCUT2D eigenvalue weighted by Gasteiger charge is 2.39. The molecule has 8 nitrogen and oxygen atoms in total. The van der Waals surface area contributed by atoms with Crippen molar-refractivity contribution >= 4 is 22.8 Å². The molecule has 0 aromatic carbocycles. The lowest BCUT2D eigenvalue weighted by Crippen LogP contribution is -2.33. The van der Waals surface area contributed by atoms with Crippen molar-refractivity contribution in [1.29, 1.82) is 0 Å². The SMILES string of the molecule is COCCOCCOCCCc1cnc(C2=N[C@@](C)(C(=O)O)CS2)c(O)c1. The molecule has 0 amide bonds. The van der Waals surface area contributed by atoms with Gasteiger partial charge < -0.3 is 24.4 Å². The number of aromatic hydroxyl groups is 1. The van der Waals surface area contributed by atoms with Crippen LogP contribution in [-0.2, 0) is 25.4 Å². The number of aryl methyl sites for hydroxylation is 1. The molecule has 0 unspecified atom stereocenters. The van der Waals surface area contributed by atoms with E-state index in [1.807, 2.05) is 0 Å². The van der Waals surface area contributed by atoms with E-state index in [0.29, 0.717) is 49.5 Å². The van der Waals surface area contributed by atoms with Gasteiger partial charge in [-0.15, -0.1) is 11.8 Å². The third-order valence-electron chi connectivity index (χ3n) is 3.98. The quantitative estimate of drug-likeness (QED) is 0.512. The van der Waals surface area contributed by atoms with Crippen LogP contribution in [0.5, 0.6) is 5.75 Å². The van der Waals surface area contributed by atoms with Gasteiger partial charge in [-0.2, -0.15) is 0 Å². The second kappa shape index (κ2) is 10.6. The lowest BCUT2D eigenvalue weighted by atomic mass is 10.1. The van der Waals surface area contributed by atoms with E-state index in [9.17, 15) is 15.0 Å². The minimum absolute atomic E-state index is 0.0147. The smallest absolute Gasteiger partial charge is 0.332 e. The molecule has 150 valence electrons. The molecule has 2 N–H and O–H groups in total. The molecule has 27 heavy (non-hydrogen) atoms. The second-order valence-corrected chi connectivity index (χ2v) is 7.28. The zero-order valence-electron chi connectivity index (χ0n) is 15.6. The first kappa shape index (κ1) is 21.6. The summed E-state index contributed by atoms with van der Waals surface area (Å²) in [6.07, 6.45) is 3.20. The topological polar surface area (TPSA) is 110 Å². The van der Waals surface area contributed by atoms with Crippen LogP contribution in [0.4, 0.5) is 0 Å². The maximum absolute atomic E-state index is 11.3. The Labute approximate surface area is 162 Å². The lowest BCUT2D eigenvalue weighted by Gasteiger charge is -2.11. The summed E-state index contributed by atoms with van der Waals surface area (Å²) in [6, 6.07) is 1.65. The molecule has 0 radical (unpaired) electrons. The Morgan fingerprint density at radius 2 is 1.96 bits per heavy atom. The summed E-state index contributed by atoms with van der Waals surface area (Å²) in [5.74, 6) is -0.640. The average molecular weight is 398 g/mol. The molecular formula is C18H26N2O6S. The number of ether oxygens (including phenoxy) is 3. The van der Waals surface area contributed by atoms with Gasteiger partial charge in [0.2, 0.25) is 0 Å². The van der Waals surface area contributed by atoms with E-state index >= 15 is 0 Å². The van der Waals surface area contributed by atoms with Gasteiger partial charge >= 0.3 is 5.97 Å². The third kappa shape index (κ3) is 6.46. The molecule has 0 aliphatic carbocycles. The Bertz CT molecular complexity index is 669. The third-order valence-corrected chi connectivity index (χ3v) is 5.25. The number of pyridine rings is 1. The fourth-order valence-corrected chi connectivity index (χ4v) is 3.53. The Balaban J connectivity index is 1.76. The number of carboxylic acid groups (broad SMARTS) is 1. The summed E-state index contributed by atoms with van der Waals surface area (Å²) in [5, 5.41) is 19.9. The average Bonchev–Trinajstić information content (AvgIpc) is 3.04. The molecule has 1 aliphatic rings. The predicted molar refractivity (Wildman–Crippen MR) is 103 cm³/mol. The van der Waals surface area contributed by atoms with Crippen molar-refractivity contribution in [3.05, 3.63) is 23.5 Å². The number of rotatable bonds is 12. The molecular weight excluding hydrogens is 372 g/mol. The summed E-state index contributed by atoms with van der Waals surface area (Å²) in [5.41, 5.74) is 0.0520. The van der Waals surface area contributed by atoms with Crippen molar-refractivity contribution in [3.8, 4) is 5.75 Å². The van der Waals surface area contributed by atoms with E-state index in [1.165, 1.54) is 11.8 Å². The number of thioether (sulfide) groups is 1. The molecule has 0 spiro atoms. The first-order valence-electron chi connectivity index (χ1n) is 8.75. The van der Waals surface area contributed by atoms with Crippen LogP contribution >= 0.6 is 11.8 Å². The van der Waals surface area contributed by atoms with E-state index in [-0.39, 0.29) is 5.75 Å². The molecule has 0 saturated heterocycles. The number of carboxylic acids is 1. The Hall–Kier alpha value is -1.68. The fraction of sp³-hybridized carbons (Fsp3) is 0.611. The van der Waals surface area contributed by atoms with Crippen molar-refractivity contribution in [3.63, 3.8) is 0 Å². The van der Waals surface area contributed by atoms with Gasteiger partial charge in [0.05, 0.1) is 26.4 Å². The molecule has 0 fully saturated rings. The second-order valence-electron chi connectivity index (χ2n) is 6.32. The van der Waals surface area contributed by atoms with E-state index in [2.05, 4.69) is 9.98 Å². The summed E-state index contributed by atoms with van der Waals surface area (Å²) >= 11 is 1.29. The normalized spacial score (nSPS) is 19.3. The minimum atomic E-state index is -1.17. The van der Waals surface area contributed by atoms with Crippen molar-refractivity contribution < 1.29 is 29.2 Å². The molecule has 1 aromatic heterocycles. The van der Waals surface area contributed by atoms with Gasteiger partial charge in [-0.1, -0.05) is 0 Å². The Kier molecular flexibility index (Phi) is 8.49. The van der Waals surface area contributed by atoms with Crippen molar-refractivity contribution in [2.75, 3.05) is 45.9 Å². The van der Waals surface area contributed by atoms with Crippen molar-refractivity contribution in [1.82, 2.24) is 4.98 Å². The van der Waals surface area contributed by atoms with Crippen LogP contribution in [0.25, 0.3) is 0 Å². The molecule has 2 heterocycles. The summed E-state index contributed by atoms with van der Waals surface area (Å²) in [4.78, 5) is 19.8. The van der Waals surface area contributed by atoms with Crippen LogP contribution in [0.2, 0.25) is 0 Å². The largest absolute Gasteiger partial charge is 0.506 e. The molecule has 1 aliphatic heterocycles. The van der Waals surface area contributed by atoms with E-state index in [1.54, 1.807) is 26.3 Å². The minimum Gasteiger partial charge on any atom is -0.506 e. The van der Waals surface area contributed by atoms with Crippen LogP contribution in [0.15, 0.2) is 17.3 Å². The molecule has 1 atom stereocenters. The molecule has 1 aromatic rings. The van der Waals surface area contributed by atoms with Gasteiger partial charge in [-0.3, -0.25) is 4.99 Å². The molecule has 0 bridgehead atoms. The van der Waals surface area contributed by atoms with E-state index < -0.39 is 11.5 Å². The van der Waals surface area contributed by atoms with E-state index in [4.69, 9.17) is 14.2 Å². The highest BCUT2D eigenvalue weighted by molar-refractivity contribution is 8.14. The van der Waals surface area contributed by atoms with Gasteiger partial charge in [-0.25, -0.2) is 9.78 Å². The molecule has 2 rings (SSSR count). The van der Waals surface area contributed by atoms with Crippen LogP contribution in [0.1, 0.15) is 24.6 Å². The number of aliphatic imine (C=N–C) groups is 1. The fourth-order valence-electron chi connectivity index (χ4n) is 2.37. The first-order chi connectivity index (χ1) is 13.0. The molecule has 9 heteroatoms.